The molecule has 1 aromatic rings. The van der Waals surface area contributed by atoms with E-state index in [4.69, 9.17) is 11.6 Å². The Morgan fingerprint density at radius 1 is 1.53 bits per heavy atom. The quantitative estimate of drug-likeness (QED) is 0.632. The van der Waals surface area contributed by atoms with Crippen molar-refractivity contribution in [3.8, 4) is 0 Å². The van der Waals surface area contributed by atoms with E-state index < -0.39 is 4.92 Å². The summed E-state index contributed by atoms with van der Waals surface area (Å²) in [5.41, 5.74) is 0.175. The van der Waals surface area contributed by atoms with Crippen LogP contribution in [0, 0.1) is 16.0 Å². The number of amides is 1. The van der Waals surface area contributed by atoms with Gasteiger partial charge in [0.05, 0.1) is 21.6 Å². The second-order valence-corrected chi connectivity index (χ2v) is 4.17. The molecule has 1 aromatic carbocycles. The van der Waals surface area contributed by atoms with E-state index in [1.165, 1.54) is 18.2 Å². The van der Waals surface area contributed by atoms with Gasteiger partial charge in [-0.25, -0.2) is 0 Å². The largest absolute Gasteiger partial charge is 0.324 e. The highest BCUT2D eigenvalue weighted by atomic mass is 35.5. The first-order valence-electron chi connectivity index (χ1n) is 5.03. The highest BCUT2D eigenvalue weighted by Crippen LogP contribution is 2.27. The topological polar surface area (TPSA) is 84.3 Å². The summed E-state index contributed by atoms with van der Waals surface area (Å²) < 4.78 is 0. The molecule has 1 fully saturated rings. The Labute approximate surface area is 102 Å². The van der Waals surface area contributed by atoms with Gasteiger partial charge in [-0.15, -0.1) is 0 Å². The van der Waals surface area contributed by atoms with Crippen LogP contribution in [0.3, 0.4) is 0 Å². The lowest BCUT2D eigenvalue weighted by atomic mass is 10.0. The molecule has 0 unspecified atom stereocenters. The van der Waals surface area contributed by atoms with E-state index >= 15 is 0 Å². The number of carbonyl (C=O) groups excluding carboxylic acids is 1. The standard InChI is InChI=1S/C10H10ClN3O3/c11-8-2-1-7(14(16)17)3-9(8)13-10(15)6-4-12-5-6/h1-3,6,12H,4-5H2,(H,13,15). The first-order chi connectivity index (χ1) is 8.08. The molecule has 2 N–H and O–H groups in total. The van der Waals surface area contributed by atoms with E-state index in [9.17, 15) is 14.9 Å². The van der Waals surface area contributed by atoms with Gasteiger partial charge in [0, 0.05) is 25.2 Å². The average Bonchev–Trinajstić information content (AvgIpc) is 2.18. The highest BCUT2D eigenvalue weighted by molar-refractivity contribution is 6.33. The summed E-state index contributed by atoms with van der Waals surface area (Å²) in [4.78, 5) is 21.7. The van der Waals surface area contributed by atoms with Gasteiger partial charge >= 0.3 is 0 Å². The van der Waals surface area contributed by atoms with Crippen molar-refractivity contribution < 1.29 is 9.72 Å². The minimum absolute atomic E-state index is 0.0923. The fourth-order valence-electron chi connectivity index (χ4n) is 1.43. The highest BCUT2D eigenvalue weighted by Gasteiger charge is 2.25. The van der Waals surface area contributed by atoms with Gasteiger partial charge < -0.3 is 10.6 Å². The number of hydrogen-bond donors (Lipinski definition) is 2. The predicted molar refractivity (Wildman–Crippen MR) is 63.1 cm³/mol. The molecule has 1 saturated heterocycles. The van der Waals surface area contributed by atoms with Crippen LogP contribution in [0.25, 0.3) is 0 Å². The van der Waals surface area contributed by atoms with Gasteiger partial charge in [0.25, 0.3) is 5.69 Å². The Bertz CT molecular complexity index is 474. The molecule has 90 valence electrons. The molecule has 0 atom stereocenters. The number of non-ortho nitro benzene ring substituents is 1. The SMILES string of the molecule is O=C(Nc1cc([N+](=O)[O-])ccc1Cl)C1CNC1. The lowest BCUT2D eigenvalue weighted by Crippen LogP contribution is -2.48. The minimum Gasteiger partial charge on any atom is -0.324 e. The van der Waals surface area contributed by atoms with E-state index in [1.807, 2.05) is 0 Å². The molecule has 1 heterocycles. The molecule has 0 aromatic heterocycles. The summed E-state index contributed by atoms with van der Waals surface area (Å²) in [6.07, 6.45) is 0. The van der Waals surface area contributed by atoms with Crippen LogP contribution >= 0.6 is 11.6 Å². The number of carbonyl (C=O) groups is 1. The van der Waals surface area contributed by atoms with Crippen molar-refractivity contribution in [2.75, 3.05) is 18.4 Å². The minimum atomic E-state index is -0.531. The third kappa shape index (κ3) is 2.54. The van der Waals surface area contributed by atoms with Crippen molar-refractivity contribution in [3.63, 3.8) is 0 Å². The van der Waals surface area contributed by atoms with E-state index in [0.717, 1.165) is 0 Å². The van der Waals surface area contributed by atoms with Crippen molar-refractivity contribution in [2.24, 2.45) is 5.92 Å². The molecule has 2 rings (SSSR count). The molecule has 1 aliphatic heterocycles. The fourth-order valence-corrected chi connectivity index (χ4v) is 1.60. The zero-order valence-corrected chi connectivity index (χ0v) is 9.53. The molecule has 7 heteroatoms. The van der Waals surface area contributed by atoms with Crippen molar-refractivity contribution in [2.45, 2.75) is 0 Å². The lowest BCUT2D eigenvalue weighted by molar-refractivity contribution is -0.384. The maximum atomic E-state index is 11.6. The smallest absolute Gasteiger partial charge is 0.271 e. The van der Waals surface area contributed by atoms with E-state index in [2.05, 4.69) is 10.6 Å². The lowest BCUT2D eigenvalue weighted by Gasteiger charge is -2.25. The zero-order valence-electron chi connectivity index (χ0n) is 8.77. The third-order valence-corrected chi connectivity index (χ3v) is 2.90. The number of nitrogens with one attached hydrogen (secondary N) is 2. The van der Waals surface area contributed by atoms with Crippen molar-refractivity contribution in [3.05, 3.63) is 33.3 Å². The summed E-state index contributed by atoms with van der Waals surface area (Å²) in [7, 11) is 0. The molecule has 0 spiro atoms. The normalized spacial score (nSPS) is 15.1. The maximum absolute atomic E-state index is 11.6. The van der Waals surface area contributed by atoms with Crippen LogP contribution in [-0.4, -0.2) is 23.9 Å². The van der Waals surface area contributed by atoms with Gasteiger partial charge in [0.2, 0.25) is 5.91 Å². The van der Waals surface area contributed by atoms with Crippen LogP contribution in [0.2, 0.25) is 5.02 Å². The molecule has 0 bridgehead atoms. The fraction of sp³-hybridized carbons (Fsp3) is 0.300. The summed E-state index contributed by atoms with van der Waals surface area (Å²) in [6.45, 7) is 1.25. The van der Waals surface area contributed by atoms with Crippen LogP contribution in [0.4, 0.5) is 11.4 Å². The van der Waals surface area contributed by atoms with Crippen molar-refractivity contribution >= 4 is 28.9 Å². The van der Waals surface area contributed by atoms with Crippen LogP contribution < -0.4 is 10.6 Å². The molecular weight excluding hydrogens is 246 g/mol. The summed E-state index contributed by atoms with van der Waals surface area (Å²) in [6, 6.07) is 3.95. The van der Waals surface area contributed by atoms with Crippen molar-refractivity contribution in [1.82, 2.24) is 5.32 Å². The van der Waals surface area contributed by atoms with E-state index in [-0.39, 0.29) is 28.2 Å². The second-order valence-electron chi connectivity index (χ2n) is 3.77. The monoisotopic (exact) mass is 255 g/mol. The van der Waals surface area contributed by atoms with Crippen LogP contribution in [0.15, 0.2) is 18.2 Å². The first kappa shape index (κ1) is 11.8. The second kappa shape index (κ2) is 4.68. The number of anilines is 1. The summed E-state index contributed by atoms with van der Waals surface area (Å²) >= 11 is 5.86. The molecule has 0 aliphatic carbocycles. The van der Waals surface area contributed by atoms with Crippen molar-refractivity contribution in [1.29, 1.82) is 0 Å². The van der Waals surface area contributed by atoms with Gasteiger partial charge in [-0.3, -0.25) is 14.9 Å². The number of nitrogens with zero attached hydrogens (tertiary/aromatic N) is 1. The number of hydrogen-bond acceptors (Lipinski definition) is 4. The summed E-state index contributed by atoms with van der Waals surface area (Å²) in [5, 5.41) is 16.4. The van der Waals surface area contributed by atoms with Crippen LogP contribution in [0.5, 0.6) is 0 Å². The molecule has 6 nitrogen and oxygen atoms in total. The molecule has 1 amide bonds. The molecule has 0 radical (unpaired) electrons. The van der Waals surface area contributed by atoms with Gasteiger partial charge in [-0.2, -0.15) is 0 Å². The zero-order chi connectivity index (χ0) is 12.4. The molecular formula is C10H10ClN3O3. The number of halogens is 1. The molecule has 1 aliphatic rings. The van der Waals surface area contributed by atoms with Gasteiger partial charge in [0.1, 0.15) is 0 Å². The van der Waals surface area contributed by atoms with E-state index in [1.54, 1.807) is 0 Å². The molecule has 0 saturated carbocycles. The Morgan fingerprint density at radius 2 is 2.24 bits per heavy atom. The third-order valence-electron chi connectivity index (χ3n) is 2.57. The van der Waals surface area contributed by atoms with Gasteiger partial charge in [-0.1, -0.05) is 11.6 Å². The molecule has 17 heavy (non-hydrogen) atoms. The number of nitro groups is 1. The maximum Gasteiger partial charge on any atom is 0.271 e. The summed E-state index contributed by atoms with van der Waals surface area (Å²) in [5.74, 6) is -0.267. The Balaban J connectivity index is 2.16. The van der Waals surface area contributed by atoms with E-state index in [0.29, 0.717) is 13.1 Å². The van der Waals surface area contributed by atoms with Crippen LogP contribution in [0.1, 0.15) is 0 Å². The Hall–Kier alpha value is -1.66. The Kier molecular flexibility index (Phi) is 3.26. The number of benzene rings is 1. The predicted octanol–water partition coefficient (Wildman–Crippen LogP) is 1.41. The first-order valence-corrected chi connectivity index (χ1v) is 5.41. The van der Waals surface area contributed by atoms with Gasteiger partial charge in [0.15, 0.2) is 0 Å². The van der Waals surface area contributed by atoms with Crippen LogP contribution in [-0.2, 0) is 4.79 Å². The number of rotatable bonds is 3. The Morgan fingerprint density at radius 3 is 2.76 bits per heavy atom. The average molecular weight is 256 g/mol. The number of nitro benzene ring substituents is 1. The van der Waals surface area contributed by atoms with Gasteiger partial charge in [-0.05, 0) is 6.07 Å².